The summed E-state index contributed by atoms with van der Waals surface area (Å²) < 4.78 is 0. The number of hydrogen-bond acceptors (Lipinski definition) is 6. The molecule has 0 spiro atoms. The van der Waals surface area contributed by atoms with Crippen LogP contribution in [0.2, 0.25) is 0 Å². The highest BCUT2D eigenvalue weighted by Gasteiger charge is 2.24. The fourth-order valence-electron chi connectivity index (χ4n) is 2.95. The van der Waals surface area contributed by atoms with E-state index in [4.69, 9.17) is 11.1 Å². The zero-order valence-corrected chi connectivity index (χ0v) is 14.7. The molecule has 1 atom stereocenters. The Bertz CT molecular complexity index is 764. The molecular formula is C19H24N6. The van der Waals surface area contributed by atoms with Crippen LogP contribution in [0, 0.1) is 25.2 Å². The van der Waals surface area contributed by atoms with Crippen molar-refractivity contribution in [2.75, 3.05) is 18.7 Å². The highest BCUT2D eigenvalue weighted by Crippen LogP contribution is 2.16. The number of anilines is 1. The van der Waals surface area contributed by atoms with Crippen LogP contribution in [0.3, 0.4) is 0 Å². The second-order valence-electron chi connectivity index (χ2n) is 6.51. The first-order valence-corrected chi connectivity index (χ1v) is 8.35. The summed E-state index contributed by atoms with van der Waals surface area (Å²) in [5.74, 6) is 6.21. The third kappa shape index (κ3) is 4.35. The molecule has 1 fully saturated rings. The van der Waals surface area contributed by atoms with Gasteiger partial charge in [-0.05, 0) is 49.2 Å². The van der Waals surface area contributed by atoms with Gasteiger partial charge in [0.1, 0.15) is 6.29 Å². The summed E-state index contributed by atoms with van der Waals surface area (Å²) in [7, 11) is 0. The zero-order valence-electron chi connectivity index (χ0n) is 14.7. The van der Waals surface area contributed by atoms with Gasteiger partial charge in [0.2, 0.25) is 0 Å². The van der Waals surface area contributed by atoms with Gasteiger partial charge in [0.25, 0.3) is 0 Å². The summed E-state index contributed by atoms with van der Waals surface area (Å²) in [6.45, 7) is 6.52. The molecule has 0 aliphatic carbocycles. The minimum Gasteiger partial charge on any atom is -0.356 e. The van der Waals surface area contributed by atoms with Crippen LogP contribution in [0.25, 0.3) is 0 Å². The van der Waals surface area contributed by atoms with Gasteiger partial charge in [-0.2, -0.15) is 10.3 Å². The van der Waals surface area contributed by atoms with Crippen LogP contribution in [0.1, 0.15) is 22.3 Å². The summed E-state index contributed by atoms with van der Waals surface area (Å²) in [6, 6.07) is 16.0. The number of nitrogens with one attached hydrogen (secondary N) is 2. The molecule has 0 radical (unpaired) electrons. The molecule has 0 amide bonds. The average Bonchev–Trinajstić information content (AvgIpc) is 2.61. The molecule has 1 aliphatic heterocycles. The third-order valence-corrected chi connectivity index (χ3v) is 4.42. The first-order chi connectivity index (χ1) is 12.0. The molecule has 0 bridgehead atoms. The van der Waals surface area contributed by atoms with Crippen LogP contribution in [0.15, 0.2) is 42.5 Å². The molecule has 1 saturated heterocycles. The van der Waals surface area contributed by atoms with E-state index in [1.165, 1.54) is 16.7 Å². The van der Waals surface area contributed by atoms with Gasteiger partial charge >= 0.3 is 0 Å². The highest BCUT2D eigenvalue weighted by atomic mass is 15.6. The topological polar surface area (TPSA) is 80.3 Å². The van der Waals surface area contributed by atoms with Gasteiger partial charge < -0.3 is 5.32 Å². The highest BCUT2D eigenvalue weighted by molar-refractivity contribution is 5.47. The summed E-state index contributed by atoms with van der Waals surface area (Å²) in [5.41, 5.74) is 5.47. The molecule has 2 aromatic rings. The lowest BCUT2D eigenvalue weighted by molar-refractivity contribution is 0.0218. The second-order valence-corrected chi connectivity index (χ2v) is 6.51. The maximum Gasteiger partial charge on any atom is 0.149 e. The first kappa shape index (κ1) is 17.4. The lowest BCUT2D eigenvalue weighted by atomic mass is 10.1. The van der Waals surface area contributed by atoms with E-state index in [-0.39, 0.29) is 6.29 Å². The number of nitrogens with two attached hydrogens (primary N) is 1. The van der Waals surface area contributed by atoms with Crippen molar-refractivity contribution in [1.82, 2.24) is 15.2 Å². The van der Waals surface area contributed by atoms with Gasteiger partial charge in [-0.3, -0.25) is 16.1 Å². The maximum atomic E-state index is 8.86. The summed E-state index contributed by atoms with van der Waals surface area (Å²) in [6.07, 6.45) is -0.150. The Morgan fingerprint density at radius 2 is 2.00 bits per heavy atom. The van der Waals surface area contributed by atoms with Gasteiger partial charge in [0, 0.05) is 12.2 Å². The van der Waals surface area contributed by atoms with Crippen molar-refractivity contribution in [1.29, 1.82) is 5.26 Å². The first-order valence-electron chi connectivity index (χ1n) is 8.35. The third-order valence-electron chi connectivity index (χ3n) is 4.42. The fourth-order valence-corrected chi connectivity index (χ4v) is 2.95. The minimum absolute atomic E-state index is 0.150. The van der Waals surface area contributed by atoms with Gasteiger partial charge in [0.15, 0.2) is 0 Å². The number of aryl methyl sites for hydroxylation is 2. The van der Waals surface area contributed by atoms with Crippen LogP contribution in [0.5, 0.6) is 0 Å². The molecular weight excluding hydrogens is 312 g/mol. The Balaban J connectivity index is 1.58. The second kappa shape index (κ2) is 7.64. The fraction of sp³-hybridized carbons (Fsp3) is 0.316. The van der Waals surface area contributed by atoms with Crippen molar-refractivity contribution in [2.45, 2.75) is 26.7 Å². The van der Waals surface area contributed by atoms with Gasteiger partial charge in [-0.1, -0.05) is 23.8 Å². The number of hydrazine groups is 1. The predicted octanol–water partition coefficient (Wildman–Crippen LogP) is 2.07. The molecule has 2 aromatic carbocycles. The largest absolute Gasteiger partial charge is 0.356 e. The van der Waals surface area contributed by atoms with E-state index in [0.717, 1.165) is 18.9 Å². The SMILES string of the molecule is Cc1ccc(C)c(CN2CNC(Nc3ccc(C#N)cc3)N(N)C2)c1. The van der Waals surface area contributed by atoms with Gasteiger partial charge in [-0.25, -0.2) is 0 Å². The number of rotatable bonds is 4. The Hall–Kier alpha value is -2.43. The van der Waals surface area contributed by atoms with E-state index in [2.05, 4.69) is 53.6 Å². The Kier molecular flexibility index (Phi) is 5.31. The molecule has 1 aliphatic rings. The standard InChI is InChI=1S/C19H24N6/c1-14-3-4-15(2)17(9-14)11-24-12-22-19(25(21)13-24)23-18-7-5-16(10-20)6-8-18/h3-9,19,22-23H,11-13,21H2,1-2H3. The van der Waals surface area contributed by atoms with Crippen molar-refractivity contribution in [3.63, 3.8) is 0 Å². The van der Waals surface area contributed by atoms with E-state index in [1.54, 1.807) is 17.1 Å². The Labute approximate surface area is 148 Å². The number of hydrogen-bond donors (Lipinski definition) is 3. The van der Waals surface area contributed by atoms with Crippen molar-refractivity contribution in [3.05, 3.63) is 64.7 Å². The van der Waals surface area contributed by atoms with Crippen molar-refractivity contribution in [3.8, 4) is 6.07 Å². The smallest absolute Gasteiger partial charge is 0.149 e. The average molecular weight is 336 g/mol. The van der Waals surface area contributed by atoms with Crippen molar-refractivity contribution < 1.29 is 0 Å². The minimum atomic E-state index is -0.150. The van der Waals surface area contributed by atoms with Crippen LogP contribution in [-0.2, 0) is 6.54 Å². The normalized spacial score (nSPS) is 18.7. The van der Waals surface area contributed by atoms with Crippen LogP contribution in [0.4, 0.5) is 5.69 Å². The van der Waals surface area contributed by atoms with Gasteiger partial charge in [-0.15, -0.1) is 0 Å². The van der Waals surface area contributed by atoms with Crippen LogP contribution in [-0.4, -0.2) is 29.5 Å². The van der Waals surface area contributed by atoms with E-state index in [1.807, 2.05) is 12.1 Å². The molecule has 25 heavy (non-hydrogen) atoms. The summed E-state index contributed by atoms with van der Waals surface area (Å²) in [4.78, 5) is 2.26. The van der Waals surface area contributed by atoms with E-state index in [0.29, 0.717) is 12.2 Å². The van der Waals surface area contributed by atoms with Crippen LogP contribution < -0.4 is 16.5 Å². The summed E-state index contributed by atoms with van der Waals surface area (Å²) in [5, 5.41) is 17.3. The molecule has 1 heterocycles. The van der Waals surface area contributed by atoms with Crippen LogP contribution >= 0.6 is 0 Å². The molecule has 4 N–H and O–H groups in total. The molecule has 1 unspecified atom stereocenters. The van der Waals surface area contributed by atoms with E-state index < -0.39 is 0 Å². The van der Waals surface area contributed by atoms with E-state index in [9.17, 15) is 0 Å². The quantitative estimate of drug-likeness (QED) is 0.742. The van der Waals surface area contributed by atoms with E-state index >= 15 is 0 Å². The molecule has 0 aromatic heterocycles. The van der Waals surface area contributed by atoms with Crippen molar-refractivity contribution >= 4 is 5.69 Å². The predicted molar refractivity (Wildman–Crippen MR) is 98.9 cm³/mol. The maximum absolute atomic E-state index is 8.86. The monoisotopic (exact) mass is 336 g/mol. The van der Waals surface area contributed by atoms with Gasteiger partial charge in [0.05, 0.1) is 25.0 Å². The van der Waals surface area contributed by atoms with Crippen molar-refractivity contribution in [2.24, 2.45) is 5.84 Å². The molecule has 130 valence electrons. The lowest BCUT2D eigenvalue weighted by Gasteiger charge is -2.40. The number of nitrogens with zero attached hydrogens (tertiary/aromatic N) is 3. The molecule has 0 saturated carbocycles. The lowest BCUT2D eigenvalue weighted by Crippen LogP contribution is -2.64. The number of nitriles is 1. The molecule has 6 nitrogen and oxygen atoms in total. The molecule has 3 rings (SSSR count). The molecule has 6 heteroatoms. The Morgan fingerprint density at radius 1 is 1.24 bits per heavy atom. The number of benzene rings is 2. The zero-order chi connectivity index (χ0) is 17.8. The summed E-state index contributed by atoms with van der Waals surface area (Å²) >= 11 is 0. The Morgan fingerprint density at radius 3 is 2.68 bits per heavy atom.